The molecule has 24 heavy (non-hydrogen) atoms. The van der Waals surface area contributed by atoms with Crippen LogP contribution >= 0.6 is 0 Å². The number of phenols is 1. The molecule has 6 heteroatoms. The molecule has 2 amide bonds. The number of rotatable bonds is 2. The van der Waals surface area contributed by atoms with Gasteiger partial charge in [-0.15, -0.1) is 0 Å². The van der Waals surface area contributed by atoms with Crippen molar-refractivity contribution in [2.45, 2.75) is 6.54 Å². The predicted octanol–water partition coefficient (Wildman–Crippen LogP) is 2.32. The van der Waals surface area contributed by atoms with Crippen LogP contribution in [0, 0.1) is 0 Å². The molecule has 2 aromatic carbocycles. The van der Waals surface area contributed by atoms with Gasteiger partial charge in [0.05, 0.1) is 17.7 Å². The Balaban J connectivity index is 1.83. The molecule has 118 valence electrons. The highest BCUT2D eigenvalue weighted by molar-refractivity contribution is 6.25. The van der Waals surface area contributed by atoms with Crippen LogP contribution in [0.3, 0.4) is 0 Å². The molecule has 0 aliphatic carbocycles. The zero-order chi connectivity index (χ0) is 16.8. The van der Waals surface area contributed by atoms with Gasteiger partial charge in [-0.3, -0.25) is 19.5 Å². The number of pyridine rings is 1. The van der Waals surface area contributed by atoms with Gasteiger partial charge in [0.15, 0.2) is 0 Å². The van der Waals surface area contributed by atoms with Gasteiger partial charge in [-0.05, 0) is 35.9 Å². The highest BCUT2D eigenvalue weighted by Gasteiger charge is 2.33. The first-order chi connectivity index (χ1) is 11.6. The van der Waals surface area contributed by atoms with Crippen LogP contribution in [0.5, 0.6) is 5.75 Å². The average molecular weight is 319 g/mol. The van der Waals surface area contributed by atoms with E-state index >= 15 is 0 Å². The Kier molecular flexibility index (Phi) is 2.99. The molecule has 1 aliphatic rings. The molecule has 0 saturated heterocycles. The lowest BCUT2D eigenvalue weighted by Gasteiger charge is -2.27. The van der Waals surface area contributed by atoms with Crippen LogP contribution < -0.4 is 5.73 Å². The van der Waals surface area contributed by atoms with E-state index in [-0.39, 0.29) is 17.8 Å². The molecule has 0 bridgehead atoms. The number of aromatic hydroxyl groups is 1. The van der Waals surface area contributed by atoms with E-state index in [0.717, 1.165) is 5.56 Å². The highest BCUT2D eigenvalue weighted by Crippen LogP contribution is 2.33. The molecule has 2 heterocycles. The number of hydrogen-bond acceptors (Lipinski definition) is 5. The van der Waals surface area contributed by atoms with E-state index in [1.807, 2.05) is 0 Å². The van der Waals surface area contributed by atoms with E-state index in [1.54, 1.807) is 30.3 Å². The summed E-state index contributed by atoms with van der Waals surface area (Å²) in [7, 11) is 0. The largest absolute Gasteiger partial charge is 0.506 e. The third kappa shape index (κ3) is 2.00. The first-order valence-corrected chi connectivity index (χ1v) is 7.37. The Bertz CT molecular complexity index is 974. The second-order valence-electron chi connectivity index (χ2n) is 5.65. The summed E-state index contributed by atoms with van der Waals surface area (Å²) in [6, 6.07) is 11.5. The number of imide groups is 1. The van der Waals surface area contributed by atoms with Gasteiger partial charge in [0.25, 0.3) is 11.8 Å². The Morgan fingerprint density at radius 1 is 0.958 bits per heavy atom. The van der Waals surface area contributed by atoms with Crippen LogP contribution in [-0.2, 0) is 6.54 Å². The van der Waals surface area contributed by atoms with Crippen molar-refractivity contribution in [2.75, 3.05) is 5.73 Å². The van der Waals surface area contributed by atoms with Crippen LogP contribution in [-0.4, -0.2) is 26.8 Å². The number of carbonyl (C=O) groups is 2. The van der Waals surface area contributed by atoms with Gasteiger partial charge >= 0.3 is 0 Å². The number of anilines is 1. The van der Waals surface area contributed by atoms with Crippen LogP contribution in [0.1, 0.15) is 26.3 Å². The topological polar surface area (TPSA) is 96.5 Å². The minimum atomic E-state index is -0.401. The molecule has 1 aromatic heterocycles. The van der Waals surface area contributed by atoms with Crippen molar-refractivity contribution in [1.29, 1.82) is 0 Å². The number of nitrogens with zero attached hydrogens (tertiary/aromatic N) is 2. The smallest absolute Gasteiger partial charge is 0.261 e. The number of hydrogen-bond donors (Lipinski definition) is 2. The van der Waals surface area contributed by atoms with Crippen molar-refractivity contribution >= 4 is 28.4 Å². The van der Waals surface area contributed by atoms with E-state index < -0.39 is 11.8 Å². The van der Waals surface area contributed by atoms with Crippen molar-refractivity contribution in [1.82, 2.24) is 9.88 Å². The minimum absolute atomic E-state index is 0.0526. The van der Waals surface area contributed by atoms with Crippen LogP contribution in [0.4, 0.5) is 5.69 Å². The van der Waals surface area contributed by atoms with Gasteiger partial charge < -0.3 is 10.8 Å². The number of carbonyl (C=O) groups excluding carboxylic acids is 2. The summed E-state index contributed by atoms with van der Waals surface area (Å²) >= 11 is 0. The number of nitrogens with two attached hydrogens (primary N) is 1. The molecule has 3 aromatic rings. The lowest BCUT2D eigenvalue weighted by Crippen LogP contribution is -2.39. The minimum Gasteiger partial charge on any atom is -0.506 e. The van der Waals surface area contributed by atoms with Gasteiger partial charge in [0.1, 0.15) is 11.3 Å². The number of amides is 2. The fourth-order valence-corrected chi connectivity index (χ4v) is 2.94. The number of aromatic nitrogens is 1. The Morgan fingerprint density at radius 3 is 2.33 bits per heavy atom. The fourth-order valence-electron chi connectivity index (χ4n) is 2.94. The monoisotopic (exact) mass is 319 g/mol. The zero-order valence-corrected chi connectivity index (χ0v) is 12.6. The van der Waals surface area contributed by atoms with E-state index in [2.05, 4.69) is 4.98 Å². The zero-order valence-electron chi connectivity index (χ0n) is 12.6. The van der Waals surface area contributed by atoms with Crippen LogP contribution in [0.2, 0.25) is 0 Å². The van der Waals surface area contributed by atoms with Crippen molar-refractivity contribution < 1.29 is 14.7 Å². The van der Waals surface area contributed by atoms with E-state index in [0.29, 0.717) is 22.2 Å². The quantitative estimate of drug-likeness (QED) is 0.558. The van der Waals surface area contributed by atoms with E-state index in [9.17, 15) is 14.7 Å². The Hall–Kier alpha value is -3.41. The molecule has 0 unspecified atom stereocenters. The molecular formula is C18H13N3O3. The third-order valence-corrected chi connectivity index (χ3v) is 4.14. The average Bonchev–Trinajstić information content (AvgIpc) is 2.59. The summed E-state index contributed by atoms with van der Waals surface area (Å²) in [5.74, 6) is -0.854. The molecule has 0 spiro atoms. The highest BCUT2D eigenvalue weighted by atomic mass is 16.3. The standard InChI is InChI=1S/C18H13N3O3/c19-11-3-1-10(2-4-11)9-21-17(23)12-5-6-14(22)16-15(12)13(18(21)24)7-8-20-16/h1-8,22H,9,19H2. The molecule has 6 nitrogen and oxygen atoms in total. The summed E-state index contributed by atoms with van der Waals surface area (Å²) in [5, 5.41) is 10.3. The maximum Gasteiger partial charge on any atom is 0.261 e. The van der Waals surface area contributed by atoms with Gasteiger partial charge in [-0.2, -0.15) is 0 Å². The molecule has 3 N–H and O–H groups in total. The Morgan fingerprint density at radius 2 is 1.62 bits per heavy atom. The lowest BCUT2D eigenvalue weighted by atomic mass is 9.96. The van der Waals surface area contributed by atoms with Crippen molar-refractivity contribution in [2.24, 2.45) is 0 Å². The maximum atomic E-state index is 12.8. The maximum absolute atomic E-state index is 12.8. The van der Waals surface area contributed by atoms with Gasteiger partial charge in [-0.25, -0.2) is 0 Å². The summed E-state index contributed by atoms with van der Waals surface area (Å²) in [5.41, 5.74) is 8.07. The van der Waals surface area contributed by atoms with Crippen LogP contribution in [0.15, 0.2) is 48.7 Å². The number of phenolic OH excluding ortho intramolecular Hbond substituents is 1. The molecule has 0 saturated carbocycles. The summed E-state index contributed by atoms with van der Waals surface area (Å²) < 4.78 is 0. The summed E-state index contributed by atoms with van der Waals surface area (Å²) in [4.78, 5) is 30.8. The predicted molar refractivity (Wildman–Crippen MR) is 88.5 cm³/mol. The van der Waals surface area contributed by atoms with Gasteiger partial charge in [0, 0.05) is 17.3 Å². The normalized spacial score (nSPS) is 13.6. The fraction of sp³-hybridized carbons (Fsp3) is 0.0556. The Labute approximate surface area is 137 Å². The second kappa shape index (κ2) is 5.06. The number of benzene rings is 2. The first kappa shape index (κ1) is 14.2. The van der Waals surface area contributed by atoms with Crippen molar-refractivity contribution in [3.05, 3.63) is 65.4 Å². The summed E-state index contributed by atoms with van der Waals surface area (Å²) in [6.07, 6.45) is 1.45. The second-order valence-corrected chi connectivity index (χ2v) is 5.65. The molecule has 4 rings (SSSR count). The molecule has 1 aliphatic heterocycles. The number of nitrogen functional groups attached to an aromatic ring is 1. The van der Waals surface area contributed by atoms with Crippen molar-refractivity contribution in [3.63, 3.8) is 0 Å². The molecule has 0 fully saturated rings. The van der Waals surface area contributed by atoms with Gasteiger partial charge in [0.2, 0.25) is 0 Å². The van der Waals surface area contributed by atoms with Crippen LogP contribution in [0.25, 0.3) is 10.9 Å². The molecule has 0 radical (unpaired) electrons. The SMILES string of the molecule is Nc1ccc(CN2C(=O)c3ccnc4c(O)ccc(c34)C2=O)cc1. The van der Waals surface area contributed by atoms with Crippen molar-refractivity contribution in [3.8, 4) is 5.75 Å². The first-order valence-electron chi connectivity index (χ1n) is 7.37. The molecule has 0 atom stereocenters. The van der Waals surface area contributed by atoms with E-state index in [1.165, 1.54) is 23.2 Å². The lowest BCUT2D eigenvalue weighted by molar-refractivity contribution is 0.0598. The third-order valence-electron chi connectivity index (χ3n) is 4.14. The summed E-state index contributed by atoms with van der Waals surface area (Å²) in [6.45, 7) is 0.155. The van der Waals surface area contributed by atoms with Gasteiger partial charge in [-0.1, -0.05) is 12.1 Å². The van der Waals surface area contributed by atoms with E-state index in [4.69, 9.17) is 5.73 Å². The molecular weight excluding hydrogens is 306 g/mol.